The van der Waals surface area contributed by atoms with Crippen LogP contribution in [0.3, 0.4) is 0 Å². The molecule has 1 N–H and O–H groups in total. The van der Waals surface area contributed by atoms with Crippen LogP contribution in [0.4, 0.5) is 8.78 Å². The van der Waals surface area contributed by atoms with Crippen LogP contribution in [0.1, 0.15) is 16.8 Å². The van der Waals surface area contributed by atoms with Gasteiger partial charge in [0.15, 0.2) is 0 Å². The zero-order chi connectivity index (χ0) is 13.1. The van der Waals surface area contributed by atoms with Crippen molar-refractivity contribution in [3.8, 4) is 0 Å². The Kier molecular flexibility index (Phi) is 3.55. The number of hydrogen-bond donors (Lipinski definition) is 1. The monoisotopic (exact) mass is 254 g/mol. The van der Waals surface area contributed by atoms with Gasteiger partial charge in [-0.25, -0.2) is 8.78 Å². The van der Waals surface area contributed by atoms with Crippen molar-refractivity contribution in [2.45, 2.75) is 6.42 Å². The Hall–Kier alpha value is -1.98. The minimum atomic E-state index is -0.886. The lowest BCUT2D eigenvalue weighted by Gasteiger charge is -2.20. The quantitative estimate of drug-likeness (QED) is 0.810. The van der Waals surface area contributed by atoms with Crippen molar-refractivity contribution in [3.63, 3.8) is 0 Å². The van der Waals surface area contributed by atoms with E-state index in [-0.39, 0.29) is 25.4 Å². The Bertz CT molecular complexity index is 471. The molecule has 0 aromatic heterocycles. The van der Waals surface area contributed by atoms with Crippen molar-refractivity contribution in [2.75, 3.05) is 19.6 Å². The van der Waals surface area contributed by atoms with Crippen molar-refractivity contribution in [3.05, 3.63) is 35.4 Å². The van der Waals surface area contributed by atoms with Gasteiger partial charge in [0, 0.05) is 26.1 Å². The first-order valence-electron chi connectivity index (χ1n) is 5.59. The molecule has 0 radical (unpaired) electrons. The van der Waals surface area contributed by atoms with Gasteiger partial charge in [-0.1, -0.05) is 6.07 Å². The highest BCUT2D eigenvalue weighted by Gasteiger charge is 2.24. The Morgan fingerprint density at radius 3 is 2.56 bits per heavy atom. The average molecular weight is 254 g/mol. The second-order valence-corrected chi connectivity index (χ2v) is 3.99. The van der Waals surface area contributed by atoms with E-state index in [0.717, 1.165) is 12.1 Å². The Balaban J connectivity index is 2.23. The third-order valence-electron chi connectivity index (χ3n) is 2.78. The molecule has 1 aliphatic rings. The second kappa shape index (κ2) is 5.12. The number of nitrogens with one attached hydrogen (secondary N) is 1. The fourth-order valence-corrected chi connectivity index (χ4v) is 1.83. The lowest BCUT2D eigenvalue weighted by atomic mass is 10.1. The molecule has 1 aromatic rings. The molecule has 4 nitrogen and oxygen atoms in total. The number of rotatable bonds is 1. The van der Waals surface area contributed by atoms with Crippen molar-refractivity contribution >= 4 is 11.8 Å². The number of hydrogen-bond acceptors (Lipinski definition) is 2. The van der Waals surface area contributed by atoms with E-state index in [0.29, 0.717) is 6.54 Å². The molecule has 0 bridgehead atoms. The number of benzene rings is 1. The SMILES string of the molecule is O=C1CCN(C(=O)c2c(F)cccc2F)CCN1. The van der Waals surface area contributed by atoms with Crippen LogP contribution < -0.4 is 5.32 Å². The van der Waals surface area contributed by atoms with Gasteiger partial charge in [0.1, 0.15) is 17.2 Å². The lowest BCUT2D eigenvalue weighted by molar-refractivity contribution is -0.120. The number of nitrogens with zero attached hydrogens (tertiary/aromatic N) is 1. The normalized spacial score (nSPS) is 16.1. The Morgan fingerprint density at radius 2 is 1.89 bits per heavy atom. The summed E-state index contributed by atoms with van der Waals surface area (Å²) < 4.78 is 26.9. The first-order chi connectivity index (χ1) is 8.59. The lowest BCUT2D eigenvalue weighted by Crippen LogP contribution is -2.35. The molecule has 18 heavy (non-hydrogen) atoms. The van der Waals surface area contributed by atoms with Crippen LogP contribution in [0.2, 0.25) is 0 Å². The fourth-order valence-electron chi connectivity index (χ4n) is 1.83. The Labute approximate surface area is 103 Å². The molecule has 1 aliphatic heterocycles. The summed E-state index contributed by atoms with van der Waals surface area (Å²) in [6.07, 6.45) is 0.141. The molecular formula is C12H12F2N2O2. The minimum absolute atomic E-state index is 0.141. The molecule has 0 unspecified atom stereocenters. The predicted molar refractivity (Wildman–Crippen MR) is 59.9 cm³/mol. The highest BCUT2D eigenvalue weighted by molar-refractivity contribution is 5.95. The fraction of sp³-hybridized carbons (Fsp3) is 0.333. The van der Waals surface area contributed by atoms with Gasteiger partial charge < -0.3 is 10.2 Å². The zero-order valence-corrected chi connectivity index (χ0v) is 9.58. The van der Waals surface area contributed by atoms with E-state index in [4.69, 9.17) is 0 Å². The number of halogens is 2. The summed E-state index contributed by atoms with van der Waals surface area (Å²) >= 11 is 0. The van der Waals surface area contributed by atoms with E-state index in [1.54, 1.807) is 0 Å². The third-order valence-corrected chi connectivity index (χ3v) is 2.78. The molecule has 0 aliphatic carbocycles. The molecule has 2 amide bonds. The molecule has 1 heterocycles. The van der Waals surface area contributed by atoms with Crippen LogP contribution >= 0.6 is 0 Å². The van der Waals surface area contributed by atoms with Crippen molar-refractivity contribution in [1.29, 1.82) is 0 Å². The predicted octanol–water partition coefficient (Wildman–Crippen LogP) is 0.927. The van der Waals surface area contributed by atoms with E-state index in [1.165, 1.54) is 11.0 Å². The van der Waals surface area contributed by atoms with Gasteiger partial charge in [-0.3, -0.25) is 9.59 Å². The summed E-state index contributed by atoms with van der Waals surface area (Å²) in [6.45, 7) is 0.706. The number of amides is 2. The maximum absolute atomic E-state index is 13.5. The molecule has 1 fully saturated rings. The first kappa shape index (κ1) is 12.5. The van der Waals surface area contributed by atoms with Gasteiger partial charge in [-0.05, 0) is 12.1 Å². The molecule has 1 aromatic carbocycles. The largest absolute Gasteiger partial charge is 0.354 e. The number of carbonyl (C=O) groups excluding carboxylic acids is 2. The third kappa shape index (κ3) is 2.47. The maximum Gasteiger partial charge on any atom is 0.259 e. The zero-order valence-electron chi connectivity index (χ0n) is 9.58. The molecule has 96 valence electrons. The van der Waals surface area contributed by atoms with Crippen LogP contribution in [0.25, 0.3) is 0 Å². The van der Waals surface area contributed by atoms with Gasteiger partial charge in [0.2, 0.25) is 5.91 Å². The molecule has 6 heteroatoms. The van der Waals surface area contributed by atoms with Crippen molar-refractivity contribution < 1.29 is 18.4 Å². The van der Waals surface area contributed by atoms with Gasteiger partial charge in [-0.2, -0.15) is 0 Å². The summed E-state index contributed by atoms with van der Waals surface area (Å²) in [7, 11) is 0. The summed E-state index contributed by atoms with van der Waals surface area (Å²) in [4.78, 5) is 24.4. The highest BCUT2D eigenvalue weighted by atomic mass is 19.1. The summed E-state index contributed by atoms with van der Waals surface area (Å²) in [6, 6.07) is 3.28. The van der Waals surface area contributed by atoms with Gasteiger partial charge in [-0.15, -0.1) is 0 Å². The van der Waals surface area contributed by atoms with Crippen LogP contribution in [-0.4, -0.2) is 36.3 Å². The van der Waals surface area contributed by atoms with E-state index >= 15 is 0 Å². The second-order valence-electron chi connectivity index (χ2n) is 3.99. The van der Waals surface area contributed by atoms with Crippen LogP contribution in [-0.2, 0) is 4.79 Å². The number of carbonyl (C=O) groups is 2. The van der Waals surface area contributed by atoms with Crippen LogP contribution in [0.15, 0.2) is 18.2 Å². The van der Waals surface area contributed by atoms with Crippen molar-refractivity contribution in [2.24, 2.45) is 0 Å². The standard InChI is InChI=1S/C12H12F2N2O2/c13-8-2-1-3-9(14)11(8)12(18)16-6-4-10(17)15-5-7-16/h1-3H,4-7H2,(H,15,17). The summed E-state index contributed by atoms with van der Waals surface area (Å²) in [5.41, 5.74) is -0.563. The molecular weight excluding hydrogens is 242 g/mol. The maximum atomic E-state index is 13.5. The average Bonchev–Trinajstić information content (AvgIpc) is 2.53. The van der Waals surface area contributed by atoms with Crippen LogP contribution in [0.5, 0.6) is 0 Å². The van der Waals surface area contributed by atoms with E-state index in [9.17, 15) is 18.4 Å². The van der Waals surface area contributed by atoms with E-state index in [2.05, 4.69) is 5.32 Å². The highest BCUT2D eigenvalue weighted by Crippen LogP contribution is 2.15. The van der Waals surface area contributed by atoms with Gasteiger partial charge in [0.25, 0.3) is 5.91 Å². The molecule has 0 saturated carbocycles. The van der Waals surface area contributed by atoms with Crippen LogP contribution in [0, 0.1) is 11.6 Å². The molecule has 1 saturated heterocycles. The summed E-state index contributed by atoms with van der Waals surface area (Å²) in [5, 5.41) is 2.59. The molecule has 0 spiro atoms. The summed E-state index contributed by atoms with van der Waals surface area (Å²) in [5.74, 6) is -2.66. The van der Waals surface area contributed by atoms with Crippen molar-refractivity contribution in [1.82, 2.24) is 10.2 Å². The topological polar surface area (TPSA) is 49.4 Å². The molecule has 2 rings (SSSR count). The smallest absolute Gasteiger partial charge is 0.259 e. The first-order valence-corrected chi connectivity index (χ1v) is 5.59. The van der Waals surface area contributed by atoms with Gasteiger partial charge >= 0.3 is 0 Å². The van der Waals surface area contributed by atoms with E-state index in [1.807, 2.05) is 0 Å². The van der Waals surface area contributed by atoms with E-state index < -0.39 is 23.1 Å². The van der Waals surface area contributed by atoms with Gasteiger partial charge in [0.05, 0.1) is 0 Å². The Morgan fingerprint density at radius 1 is 1.22 bits per heavy atom. The molecule has 0 atom stereocenters. The minimum Gasteiger partial charge on any atom is -0.354 e.